The Hall–Kier alpha value is -2.32. The summed E-state index contributed by atoms with van der Waals surface area (Å²) in [6.45, 7) is 4.71. The van der Waals surface area contributed by atoms with Gasteiger partial charge >= 0.3 is 7.82 Å². The van der Waals surface area contributed by atoms with Crippen molar-refractivity contribution in [3.05, 3.63) is 85.1 Å². The standard InChI is InChI=1S/C77H143N2O6P/c1-6-8-10-12-14-16-18-20-22-24-26-28-30-31-32-33-34-35-36-37-38-39-40-41-42-43-44-45-46-47-49-51-53-55-57-59-61-63-65-67-69-71-77(81)78-75(74-85-86(82,83)84-73-72-79(3,4)5)76(80)70-68-66-64-62-60-58-56-54-52-50-48-29-27-25-23-21-19-17-15-13-11-9-7-2/h8,10,14,16,20,22,26,28,52,54,60,62,68,70,75-76,80H,6-7,9,11-13,15,17-19,21,23-25,27,29-51,53,55-59,61,63-67,69,71-74H2,1-5H3,(H-,78,81,82,83)/p+1/b10-8-,16-14-,22-20-,28-26-,54-52+,62-60+,70-68+. The number of carbonyl (C=O) groups excluding carboxylic acids is 1. The van der Waals surface area contributed by atoms with Gasteiger partial charge in [-0.25, -0.2) is 4.57 Å². The predicted molar refractivity (Wildman–Crippen MR) is 378 cm³/mol. The van der Waals surface area contributed by atoms with Crippen LogP contribution in [-0.2, 0) is 18.4 Å². The predicted octanol–water partition coefficient (Wildman–Crippen LogP) is 23.9. The third kappa shape index (κ3) is 69.2. The average Bonchev–Trinajstić information content (AvgIpc) is 3.70. The van der Waals surface area contributed by atoms with Gasteiger partial charge in [0, 0.05) is 6.42 Å². The molecule has 3 atom stereocenters. The zero-order valence-electron chi connectivity index (χ0n) is 57.6. The Morgan fingerprint density at radius 1 is 0.407 bits per heavy atom. The van der Waals surface area contributed by atoms with E-state index in [-0.39, 0.29) is 19.1 Å². The highest BCUT2D eigenvalue weighted by molar-refractivity contribution is 7.47. The molecule has 9 heteroatoms. The fourth-order valence-electron chi connectivity index (χ4n) is 10.9. The van der Waals surface area contributed by atoms with Crippen LogP contribution in [0.15, 0.2) is 85.1 Å². The summed E-state index contributed by atoms with van der Waals surface area (Å²) in [5, 5.41) is 14.0. The van der Waals surface area contributed by atoms with Crippen LogP contribution < -0.4 is 5.32 Å². The molecule has 0 aromatic rings. The van der Waals surface area contributed by atoms with Gasteiger partial charge in [-0.15, -0.1) is 0 Å². The van der Waals surface area contributed by atoms with Crippen molar-refractivity contribution in [3.8, 4) is 0 Å². The first kappa shape index (κ1) is 83.7. The van der Waals surface area contributed by atoms with E-state index in [1.807, 2.05) is 27.2 Å². The maximum absolute atomic E-state index is 13.1. The molecule has 3 N–H and O–H groups in total. The maximum Gasteiger partial charge on any atom is 0.472 e. The minimum absolute atomic E-state index is 0.0533. The summed E-state index contributed by atoms with van der Waals surface area (Å²) < 4.78 is 23.8. The smallest absolute Gasteiger partial charge is 0.387 e. The van der Waals surface area contributed by atoms with Gasteiger partial charge in [0.05, 0.1) is 39.9 Å². The topological polar surface area (TPSA) is 105 Å². The number of phosphoric ester groups is 1. The highest BCUT2D eigenvalue weighted by Crippen LogP contribution is 2.43. The number of nitrogens with one attached hydrogen (secondary N) is 1. The summed E-state index contributed by atoms with van der Waals surface area (Å²) in [4.78, 5) is 23.4. The second-order valence-corrected chi connectivity index (χ2v) is 27.7. The van der Waals surface area contributed by atoms with E-state index in [9.17, 15) is 19.4 Å². The first-order valence-corrected chi connectivity index (χ1v) is 38.5. The number of quaternary nitrogens is 1. The molecule has 0 saturated heterocycles. The van der Waals surface area contributed by atoms with E-state index >= 15 is 0 Å². The van der Waals surface area contributed by atoms with Crippen molar-refractivity contribution in [3.63, 3.8) is 0 Å². The third-order valence-corrected chi connectivity index (χ3v) is 17.6. The fraction of sp³-hybridized carbons (Fsp3) is 0.805. The molecule has 0 aliphatic carbocycles. The van der Waals surface area contributed by atoms with Gasteiger partial charge in [-0.1, -0.05) is 343 Å². The van der Waals surface area contributed by atoms with Crippen LogP contribution >= 0.6 is 7.82 Å². The van der Waals surface area contributed by atoms with Crippen molar-refractivity contribution in [2.45, 2.75) is 360 Å². The quantitative estimate of drug-likeness (QED) is 0.0243. The molecule has 3 unspecified atom stereocenters. The van der Waals surface area contributed by atoms with Gasteiger partial charge in [0.15, 0.2) is 0 Å². The first-order chi connectivity index (χ1) is 42.0. The van der Waals surface area contributed by atoms with Crippen molar-refractivity contribution in [2.24, 2.45) is 0 Å². The molecule has 0 heterocycles. The van der Waals surface area contributed by atoms with Crippen molar-refractivity contribution >= 4 is 13.7 Å². The van der Waals surface area contributed by atoms with Crippen LogP contribution in [0.4, 0.5) is 0 Å². The largest absolute Gasteiger partial charge is 0.472 e. The van der Waals surface area contributed by atoms with E-state index in [2.05, 4.69) is 92.1 Å². The van der Waals surface area contributed by atoms with Crippen molar-refractivity contribution in [1.29, 1.82) is 0 Å². The van der Waals surface area contributed by atoms with Crippen molar-refractivity contribution in [2.75, 3.05) is 40.9 Å². The molecule has 86 heavy (non-hydrogen) atoms. The Bertz CT molecular complexity index is 1680. The highest BCUT2D eigenvalue weighted by atomic mass is 31.2. The lowest BCUT2D eigenvalue weighted by atomic mass is 10.0. The second-order valence-electron chi connectivity index (χ2n) is 26.3. The Kier molecular flexibility index (Phi) is 65.3. The molecular formula is C77H144N2O6P+. The zero-order valence-corrected chi connectivity index (χ0v) is 58.4. The van der Waals surface area contributed by atoms with E-state index < -0.39 is 20.0 Å². The van der Waals surface area contributed by atoms with E-state index in [0.717, 1.165) is 70.6 Å². The maximum atomic E-state index is 13.1. The summed E-state index contributed by atoms with van der Waals surface area (Å²) in [6.07, 6.45) is 96.2. The molecule has 0 bridgehead atoms. The van der Waals surface area contributed by atoms with Crippen LogP contribution in [-0.4, -0.2) is 73.4 Å². The van der Waals surface area contributed by atoms with Gasteiger partial charge in [0.1, 0.15) is 13.2 Å². The van der Waals surface area contributed by atoms with Gasteiger partial charge in [0.25, 0.3) is 0 Å². The number of carbonyl (C=O) groups is 1. The average molecular weight is 1220 g/mol. The molecule has 0 aliphatic rings. The zero-order chi connectivity index (χ0) is 62.6. The SMILES string of the molecule is CC/C=C\C/C=C\C/C=C\C/C=C\CCCCCCCCCCCCCCCCCCCCCCCCCCCCCCC(=O)NC(COP(=O)(O)OCC[N+](C)(C)C)C(O)/C=C/CC/C=C/CC/C=C/CCCCCCCCCCCCCCC. The van der Waals surface area contributed by atoms with Crippen molar-refractivity contribution in [1.82, 2.24) is 5.32 Å². The van der Waals surface area contributed by atoms with Crippen LogP contribution in [0.3, 0.4) is 0 Å². The number of phosphoric acid groups is 1. The monoisotopic (exact) mass is 1220 g/mol. The molecular weight excluding hydrogens is 1080 g/mol. The molecule has 0 spiro atoms. The Morgan fingerprint density at radius 2 is 0.709 bits per heavy atom. The number of rotatable bonds is 68. The lowest BCUT2D eigenvalue weighted by Gasteiger charge is -2.25. The van der Waals surface area contributed by atoms with Gasteiger partial charge in [-0.05, 0) is 83.5 Å². The van der Waals surface area contributed by atoms with E-state index in [1.54, 1.807) is 6.08 Å². The second kappa shape index (κ2) is 67.1. The lowest BCUT2D eigenvalue weighted by Crippen LogP contribution is -2.45. The third-order valence-electron chi connectivity index (χ3n) is 16.6. The number of likely N-dealkylation sites (N-methyl/N-ethyl adjacent to an activating group) is 1. The summed E-state index contributed by atoms with van der Waals surface area (Å²) in [5.41, 5.74) is 0. The summed E-state index contributed by atoms with van der Waals surface area (Å²) in [6, 6.07) is -0.872. The first-order valence-electron chi connectivity index (χ1n) is 37.0. The molecule has 1 amide bonds. The molecule has 0 aliphatic heterocycles. The van der Waals surface area contributed by atoms with Crippen LogP contribution in [0.5, 0.6) is 0 Å². The number of aliphatic hydroxyl groups excluding tert-OH is 1. The van der Waals surface area contributed by atoms with Crippen LogP contribution in [0.1, 0.15) is 348 Å². The molecule has 8 nitrogen and oxygen atoms in total. The molecule has 502 valence electrons. The minimum atomic E-state index is -4.37. The molecule has 0 saturated carbocycles. The Morgan fingerprint density at radius 3 is 1.07 bits per heavy atom. The summed E-state index contributed by atoms with van der Waals surface area (Å²) in [7, 11) is 1.56. The van der Waals surface area contributed by atoms with Gasteiger partial charge < -0.3 is 19.8 Å². The van der Waals surface area contributed by atoms with Crippen LogP contribution in [0.2, 0.25) is 0 Å². The molecule has 0 radical (unpaired) electrons. The normalized spacial score (nSPS) is 14.1. The number of hydrogen-bond donors (Lipinski definition) is 3. The molecule has 0 aromatic carbocycles. The number of aliphatic hydroxyl groups is 1. The number of amides is 1. The summed E-state index contributed by atoms with van der Waals surface area (Å²) >= 11 is 0. The van der Waals surface area contributed by atoms with Gasteiger partial charge in [-0.2, -0.15) is 0 Å². The number of hydrogen-bond acceptors (Lipinski definition) is 5. The summed E-state index contributed by atoms with van der Waals surface area (Å²) in [5.74, 6) is -0.186. The van der Waals surface area contributed by atoms with Crippen LogP contribution in [0, 0.1) is 0 Å². The number of nitrogens with zero attached hydrogens (tertiary/aromatic N) is 1. The van der Waals surface area contributed by atoms with Crippen LogP contribution in [0.25, 0.3) is 0 Å². The van der Waals surface area contributed by atoms with E-state index in [0.29, 0.717) is 17.4 Å². The molecule has 0 fully saturated rings. The Balaban J connectivity index is 3.97. The Labute approximate surface area is 535 Å². The minimum Gasteiger partial charge on any atom is -0.387 e. The molecule has 0 rings (SSSR count). The van der Waals surface area contributed by atoms with Crippen molar-refractivity contribution < 1.29 is 32.9 Å². The highest BCUT2D eigenvalue weighted by Gasteiger charge is 2.28. The number of allylic oxidation sites excluding steroid dienone is 13. The van der Waals surface area contributed by atoms with E-state index in [4.69, 9.17) is 9.05 Å². The molecule has 0 aromatic heterocycles. The van der Waals surface area contributed by atoms with E-state index in [1.165, 1.54) is 257 Å². The van der Waals surface area contributed by atoms with Gasteiger partial charge in [-0.3, -0.25) is 13.8 Å². The fourth-order valence-corrected chi connectivity index (χ4v) is 11.6. The lowest BCUT2D eigenvalue weighted by molar-refractivity contribution is -0.870. The van der Waals surface area contributed by atoms with Gasteiger partial charge in [0.2, 0.25) is 5.91 Å². The number of unbranched alkanes of at least 4 members (excludes halogenated alkanes) is 43.